The quantitative estimate of drug-likeness (QED) is 0.488. The second kappa shape index (κ2) is 9.08. The lowest BCUT2D eigenvalue weighted by Crippen LogP contribution is -2.60. The summed E-state index contributed by atoms with van der Waals surface area (Å²) in [5.41, 5.74) is 1.19. The summed E-state index contributed by atoms with van der Waals surface area (Å²) in [6.07, 6.45) is 6.32. The van der Waals surface area contributed by atoms with Gasteiger partial charge in [0.1, 0.15) is 17.1 Å². The number of rotatable bonds is 7. The highest BCUT2D eigenvalue weighted by Crippen LogP contribution is 2.38. The molecule has 0 saturated heterocycles. The minimum atomic E-state index is -1.48. The Bertz CT molecular complexity index is 1200. The number of benzene rings is 1. The average molecular weight is 473 g/mol. The van der Waals surface area contributed by atoms with Crippen molar-refractivity contribution in [2.45, 2.75) is 52.6 Å². The number of carbonyl (C=O) groups excluding carboxylic acids is 1. The maximum atomic E-state index is 13.5. The monoisotopic (exact) mass is 472 g/mol. The molecule has 1 aliphatic rings. The third-order valence-electron chi connectivity index (χ3n) is 6.13. The van der Waals surface area contributed by atoms with Crippen LogP contribution in [0.15, 0.2) is 30.7 Å². The van der Waals surface area contributed by atoms with E-state index in [0.717, 1.165) is 23.5 Å². The lowest BCUT2D eigenvalue weighted by molar-refractivity contribution is -0.123. The Morgan fingerprint density at radius 1 is 0.971 bits per heavy atom. The molecule has 0 N–H and O–H groups in total. The summed E-state index contributed by atoms with van der Waals surface area (Å²) in [6.45, 7) is 9.02. The van der Waals surface area contributed by atoms with Crippen LogP contribution in [0.25, 0.3) is 0 Å². The maximum absolute atomic E-state index is 13.5. The predicted octanol–water partition coefficient (Wildman–Crippen LogP) is 3.90. The van der Waals surface area contributed by atoms with Crippen molar-refractivity contribution in [3.63, 3.8) is 0 Å². The highest BCUT2D eigenvalue weighted by atomic mass is 19.2. The molecule has 0 radical (unpaired) electrons. The van der Waals surface area contributed by atoms with Gasteiger partial charge in [-0.3, -0.25) is 9.48 Å². The van der Waals surface area contributed by atoms with E-state index in [1.807, 2.05) is 32.6 Å². The molecule has 0 fully saturated rings. The summed E-state index contributed by atoms with van der Waals surface area (Å²) in [5, 5.41) is 4.23. The molecule has 3 aromatic rings. The van der Waals surface area contributed by atoms with Gasteiger partial charge in [0, 0.05) is 25.7 Å². The molecule has 1 aromatic carbocycles. The average Bonchev–Trinajstić information content (AvgIpc) is 3.24. The van der Waals surface area contributed by atoms with Gasteiger partial charge >= 0.3 is 0 Å². The van der Waals surface area contributed by atoms with Crippen molar-refractivity contribution in [3.8, 4) is 0 Å². The van der Waals surface area contributed by atoms with Gasteiger partial charge in [0.25, 0.3) is 5.91 Å². The van der Waals surface area contributed by atoms with E-state index in [2.05, 4.69) is 10.1 Å². The number of nitrogens with zero attached hydrogens (tertiary/aromatic N) is 6. The maximum Gasteiger partial charge on any atom is 0.252 e. The van der Waals surface area contributed by atoms with Crippen LogP contribution in [0.4, 0.5) is 24.7 Å². The van der Waals surface area contributed by atoms with Gasteiger partial charge in [-0.05, 0) is 57.4 Å². The van der Waals surface area contributed by atoms with Crippen LogP contribution in [0.3, 0.4) is 0 Å². The molecular weight excluding hydrogens is 445 g/mol. The highest BCUT2D eigenvalue weighted by molar-refractivity contribution is 6.07. The molecule has 3 heterocycles. The van der Waals surface area contributed by atoms with E-state index in [1.54, 1.807) is 28.2 Å². The second-order valence-corrected chi connectivity index (χ2v) is 8.77. The zero-order chi connectivity index (χ0) is 24.6. The molecule has 0 aliphatic carbocycles. The SMILES string of the molecule is CCN1C(=O)C(C)(C)N(CC)c2nc(CCc3cnn(Cc4cc(F)c(F)c(F)c4)c3)ncc21. The number of carbonyl (C=O) groups is 1. The number of anilines is 2. The largest absolute Gasteiger partial charge is 0.341 e. The molecule has 0 unspecified atom stereocenters. The molecule has 10 heteroatoms. The fraction of sp³-hybridized carbons (Fsp3) is 0.417. The Labute approximate surface area is 196 Å². The summed E-state index contributed by atoms with van der Waals surface area (Å²) in [5.74, 6) is -2.51. The molecule has 1 amide bonds. The normalized spacial score (nSPS) is 15.1. The van der Waals surface area contributed by atoms with Crippen molar-refractivity contribution in [1.29, 1.82) is 0 Å². The molecule has 2 aromatic heterocycles. The Hall–Kier alpha value is -3.43. The van der Waals surface area contributed by atoms with Crippen LogP contribution in [0.2, 0.25) is 0 Å². The van der Waals surface area contributed by atoms with Gasteiger partial charge in [-0.1, -0.05) is 0 Å². The Morgan fingerprint density at radius 2 is 1.68 bits per heavy atom. The third-order valence-corrected chi connectivity index (χ3v) is 6.13. The van der Waals surface area contributed by atoms with Crippen LogP contribution in [-0.2, 0) is 24.2 Å². The van der Waals surface area contributed by atoms with E-state index in [9.17, 15) is 18.0 Å². The molecule has 0 spiro atoms. The highest BCUT2D eigenvalue weighted by Gasteiger charge is 2.44. The Kier molecular flexibility index (Phi) is 6.33. The van der Waals surface area contributed by atoms with E-state index in [-0.39, 0.29) is 18.0 Å². The number of amides is 1. The number of likely N-dealkylation sites (N-methyl/N-ethyl adjacent to an activating group) is 2. The first kappa shape index (κ1) is 23.7. The van der Waals surface area contributed by atoms with Crippen molar-refractivity contribution in [2.75, 3.05) is 22.9 Å². The molecule has 1 aliphatic heterocycles. The molecule has 0 saturated carbocycles. The number of hydrogen-bond donors (Lipinski definition) is 0. The first-order valence-electron chi connectivity index (χ1n) is 11.3. The van der Waals surface area contributed by atoms with Crippen LogP contribution < -0.4 is 9.80 Å². The standard InChI is InChI=1S/C24H27F3N6O/c1-5-32-19-12-28-20(30-22(19)33(6-2)24(3,4)23(32)34)8-7-15-11-29-31(13-15)14-16-9-17(25)21(27)18(26)10-16/h9-13H,5-8,14H2,1-4H3. The van der Waals surface area contributed by atoms with Gasteiger partial charge in [-0.15, -0.1) is 0 Å². The molecule has 34 heavy (non-hydrogen) atoms. The zero-order valence-electron chi connectivity index (χ0n) is 19.6. The van der Waals surface area contributed by atoms with Gasteiger partial charge in [-0.2, -0.15) is 5.10 Å². The van der Waals surface area contributed by atoms with Crippen LogP contribution in [0, 0.1) is 17.5 Å². The lowest BCUT2D eigenvalue weighted by atomic mass is 9.97. The zero-order valence-corrected chi connectivity index (χ0v) is 19.6. The van der Waals surface area contributed by atoms with Crippen LogP contribution >= 0.6 is 0 Å². The third kappa shape index (κ3) is 4.24. The summed E-state index contributed by atoms with van der Waals surface area (Å²) in [7, 11) is 0. The minimum Gasteiger partial charge on any atom is -0.341 e. The smallest absolute Gasteiger partial charge is 0.252 e. The topological polar surface area (TPSA) is 67.2 Å². The van der Waals surface area contributed by atoms with E-state index >= 15 is 0 Å². The summed E-state index contributed by atoms with van der Waals surface area (Å²) in [6, 6.07) is 1.93. The fourth-order valence-electron chi connectivity index (χ4n) is 4.35. The van der Waals surface area contributed by atoms with E-state index < -0.39 is 23.0 Å². The van der Waals surface area contributed by atoms with Gasteiger partial charge in [0.05, 0.1) is 18.9 Å². The fourth-order valence-corrected chi connectivity index (χ4v) is 4.35. The van der Waals surface area contributed by atoms with Crippen molar-refractivity contribution >= 4 is 17.4 Å². The van der Waals surface area contributed by atoms with Crippen molar-refractivity contribution in [2.24, 2.45) is 0 Å². The second-order valence-electron chi connectivity index (χ2n) is 8.77. The molecule has 0 atom stereocenters. The number of aryl methyl sites for hydroxylation is 2. The molecule has 180 valence electrons. The van der Waals surface area contributed by atoms with Gasteiger partial charge in [0.2, 0.25) is 0 Å². The number of halogens is 3. The Morgan fingerprint density at radius 3 is 2.32 bits per heavy atom. The van der Waals surface area contributed by atoms with Gasteiger partial charge in [-0.25, -0.2) is 23.1 Å². The molecule has 4 rings (SSSR count). The number of fused-ring (bicyclic) bond motifs is 1. The first-order valence-corrected chi connectivity index (χ1v) is 11.3. The number of hydrogen-bond acceptors (Lipinski definition) is 5. The Balaban J connectivity index is 1.49. The van der Waals surface area contributed by atoms with Crippen molar-refractivity contribution in [3.05, 3.63) is 65.1 Å². The molecule has 7 nitrogen and oxygen atoms in total. The van der Waals surface area contributed by atoms with Crippen LogP contribution in [0.5, 0.6) is 0 Å². The lowest BCUT2D eigenvalue weighted by Gasteiger charge is -2.46. The van der Waals surface area contributed by atoms with Crippen molar-refractivity contribution in [1.82, 2.24) is 19.7 Å². The van der Waals surface area contributed by atoms with Gasteiger partial charge < -0.3 is 9.80 Å². The number of aromatic nitrogens is 4. The van der Waals surface area contributed by atoms with Crippen LogP contribution in [0.1, 0.15) is 44.6 Å². The van der Waals surface area contributed by atoms with E-state index in [1.165, 1.54) is 0 Å². The summed E-state index contributed by atoms with van der Waals surface area (Å²) in [4.78, 5) is 25.9. The van der Waals surface area contributed by atoms with E-state index in [4.69, 9.17) is 4.98 Å². The summed E-state index contributed by atoms with van der Waals surface area (Å²) < 4.78 is 41.6. The van der Waals surface area contributed by atoms with Crippen LogP contribution in [-0.4, -0.2) is 44.3 Å². The van der Waals surface area contributed by atoms with E-state index in [0.29, 0.717) is 37.4 Å². The first-order chi connectivity index (χ1) is 16.1. The predicted molar refractivity (Wildman–Crippen MR) is 122 cm³/mol. The van der Waals surface area contributed by atoms with Crippen molar-refractivity contribution < 1.29 is 18.0 Å². The molecular formula is C24H27F3N6O. The molecule has 0 bridgehead atoms. The summed E-state index contributed by atoms with van der Waals surface area (Å²) >= 11 is 0. The minimum absolute atomic E-state index is 0.0223. The van der Waals surface area contributed by atoms with Gasteiger partial charge in [0.15, 0.2) is 23.3 Å².